The summed E-state index contributed by atoms with van der Waals surface area (Å²) in [6, 6.07) is 9.87. The highest BCUT2D eigenvalue weighted by Crippen LogP contribution is 2.43. The fourth-order valence-corrected chi connectivity index (χ4v) is 3.46. The van der Waals surface area contributed by atoms with Crippen LogP contribution in [0.2, 0.25) is 0 Å². The minimum atomic E-state index is -1.76. The minimum Gasteiger partial charge on any atom is -0.479 e. The first-order chi connectivity index (χ1) is 14.3. The van der Waals surface area contributed by atoms with E-state index in [-0.39, 0.29) is 17.8 Å². The van der Waals surface area contributed by atoms with Gasteiger partial charge in [0, 0.05) is 29.6 Å². The second-order valence-corrected chi connectivity index (χ2v) is 6.61. The minimum absolute atomic E-state index is 0.00801. The maximum atomic E-state index is 11.6. The summed E-state index contributed by atoms with van der Waals surface area (Å²) in [5.41, 5.74) is -0.895. The summed E-state index contributed by atoms with van der Waals surface area (Å²) in [4.78, 5) is 37.6. The average Bonchev–Trinajstić information content (AvgIpc) is 3.27. The molecule has 1 aliphatic rings. The molecular weight excluding hydrogens is 390 g/mol. The van der Waals surface area contributed by atoms with Crippen molar-refractivity contribution >= 4 is 17.9 Å². The van der Waals surface area contributed by atoms with E-state index >= 15 is 0 Å². The van der Waals surface area contributed by atoms with Crippen molar-refractivity contribution in [2.45, 2.75) is 26.4 Å². The number of hydrogen-bond donors (Lipinski definition) is 2. The van der Waals surface area contributed by atoms with Crippen LogP contribution >= 0.6 is 0 Å². The number of carbonyl (C=O) groups excluding carboxylic acids is 1. The Morgan fingerprint density at radius 3 is 2.33 bits per heavy atom. The van der Waals surface area contributed by atoms with Crippen molar-refractivity contribution in [1.29, 1.82) is 0 Å². The number of carbonyl (C=O) groups is 2. The van der Waals surface area contributed by atoms with Crippen molar-refractivity contribution in [1.82, 2.24) is 14.8 Å². The summed E-state index contributed by atoms with van der Waals surface area (Å²) in [6.07, 6.45) is 4.38. The maximum absolute atomic E-state index is 11.6. The summed E-state index contributed by atoms with van der Waals surface area (Å²) in [5, 5.41) is 22.6. The fraction of sp³-hybridized carbons (Fsp3) is 0.333. The number of carboxylic acids is 2. The Kier molecular flexibility index (Phi) is 7.41. The van der Waals surface area contributed by atoms with E-state index in [1.54, 1.807) is 23.9 Å². The lowest BCUT2D eigenvalue weighted by atomic mass is 9.67. The van der Waals surface area contributed by atoms with Gasteiger partial charge in [-0.15, -0.1) is 0 Å². The summed E-state index contributed by atoms with van der Waals surface area (Å²) < 4.78 is 7.09. The quantitative estimate of drug-likeness (QED) is 0.713. The van der Waals surface area contributed by atoms with Crippen molar-refractivity contribution < 1.29 is 29.3 Å². The normalized spacial score (nSPS) is 22.9. The number of para-hydroxylation sites is 1. The van der Waals surface area contributed by atoms with E-state index in [2.05, 4.69) is 10.1 Å². The first-order valence-electron chi connectivity index (χ1n) is 9.26. The van der Waals surface area contributed by atoms with Crippen LogP contribution in [0.1, 0.15) is 20.8 Å². The van der Waals surface area contributed by atoms with Gasteiger partial charge in [0.15, 0.2) is 5.60 Å². The second kappa shape index (κ2) is 9.78. The van der Waals surface area contributed by atoms with Gasteiger partial charge in [0.1, 0.15) is 18.6 Å². The number of hydrogen-bond acceptors (Lipinski definition) is 6. The van der Waals surface area contributed by atoms with Crippen LogP contribution in [0.4, 0.5) is 0 Å². The van der Waals surface area contributed by atoms with Crippen LogP contribution in [-0.4, -0.2) is 55.1 Å². The van der Waals surface area contributed by atoms with E-state index in [4.69, 9.17) is 9.84 Å². The second-order valence-electron chi connectivity index (χ2n) is 6.61. The molecule has 9 nitrogen and oxygen atoms in total. The average molecular weight is 413 g/mol. The molecule has 0 radical (unpaired) electrons. The van der Waals surface area contributed by atoms with Crippen molar-refractivity contribution in [3.05, 3.63) is 60.2 Å². The van der Waals surface area contributed by atoms with Gasteiger partial charge in [-0.2, -0.15) is 5.10 Å². The van der Waals surface area contributed by atoms with Crippen LogP contribution in [0.25, 0.3) is 5.69 Å². The van der Waals surface area contributed by atoms with Gasteiger partial charge in [-0.1, -0.05) is 32.0 Å². The van der Waals surface area contributed by atoms with E-state index in [9.17, 15) is 19.5 Å². The van der Waals surface area contributed by atoms with Crippen LogP contribution in [-0.2, 0) is 19.1 Å². The fourth-order valence-electron chi connectivity index (χ4n) is 3.46. The molecule has 3 rings (SSSR count). The molecule has 2 N–H and O–H groups in total. The van der Waals surface area contributed by atoms with E-state index in [1.807, 2.05) is 30.3 Å². The number of allylic oxidation sites excluding steroid dienone is 1. The summed E-state index contributed by atoms with van der Waals surface area (Å²) in [7, 11) is 0. The first-order valence-corrected chi connectivity index (χ1v) is 9.26. The molecule has 0 spiro atoms. The van der Waals surface area contributed by atoms with Gasteiger partial charge in [-0.05, 0) is 25.1 Å². The van der Waals surface area contributed by atoms with Gasteiger partial charge in [0.2, 0.25) is 0 Å². The monoisotopic (exact) mass is 413 g/mol. The van der Waals surface area contributed by atoms with Gasteiger partial charge in [-0.25, -0.2) is 24.0 Å². The van der Waals surface area contributed by atoms with Crippen LogP contribution < -0.4 is 0 Å². The van der Waals surface area contributed by atoms with Gasteiger partial charge in [0.05, 0.1) is 5.69 Å². The van der Waals surface area contributed by atoms with Crippen LogP contribution in [0.3, 0.4) is 0 Å². The van der Waals surface area contributed by atoms with E-state index in [1.165, 1.54) is 26.3 Å². The molecule has 1 aromatic carbocycles. The SMILES string of the molecule is CCOC1(C(=O)O)C(C)C(=C=O)C=C(C(=O)O)C1C.c1ccc(-n2cncn2)cc1. The topological polar surface area (TPSA) is 132 Å². The predicted molar refractivity (Wildman–Crippen MR) is 107 cm³/mol. The van der Waals surface area contributed by atoms with Crippen molar-refractivity contribution in [3.63, 3.8) is 0 Å². The molecule has 0 bridgehead atoms. The highest BCUT2D eigenvalue weighted by Gasteiger charge is 2.55. The summed E-state index contributed by atoms with van der Waals surface area (Å²) in [6.45, 7) is 4.71. The number of aromatic nitrogens is 3. The first kappa shape index (κ1) is 22.7. The van der Waals surface area contributed by atoms with Crippen molar-refractivity contribution in [3.8, 4) is 5.69 Å². The lowest BCUT2D eigenvalue weighted by Gasteiger charge is -2.42. The lowest BCUT2D eigenvalue weighted by Crippen LogP contribution is -2.56. The zero-order valence-electron chi connectivity index (χ0n) is 16.8. The summed E-state index contributed by atoms with van der Waals surface area (Å²) >= 11 is 0. The van der Waals surface area contributed by atoms with E-state index < -0.39 is 29.4 Å². The smallest absolute Gasteiger partial charge is 0.337 e. The molecule has 2 aromatic rings. The van der Waals surface area contributed by atoms with E-state index in [0.717, 1.165) is 5.69 Å². The molecule has 0 saturated heterocycles. The number of benzene rings is 1. The van der Waals surface area contributed by atoms with Crippen LogP contribution in [0.5, 0.6) is 0 Å². The standard InChI is InChI=1S/C13H16O6.C8H7N3/c1-4-19-13(12(17)18)7(2)9(6-14)5-10(8(13)3)11(15)16;1-2-4-8(5-3-1)11-7-9-6-10-11/h5,7-8H,4H2,1-3H3,(H,15,16)(H,17,18);1-7H. The Morgan fingerprint density at radius 2 is 1.87 bits per heavy atom. The highest BCUT2D eigenvalue weighted by molar-refractivity contribution is 5.93. The van der Waals surface area contributed by atoms with Crippen LogP contribution in [0.15, 0.2) is 60.2 Å². The summed E-state index contributed by atoms with van der Waals surface area (Å²) in [5.74, 6) is -2.60. The molecule has 0 fully saturated rings. The van der Waals surface area contributed by atoms with E-state index in [0.29, 0.717) is 0 Å². The molecule has 1 aromatic heterocycles. The molecule has 0 saturated carbocycles. The van der Waals surface area contributed by atoms with Gasteiger partial charge >= 0.3 is 11.9 Å². The van der Waals surface area contributed by atoms with Crippen molar-refractivity contribution in [2.75, 3.05) is 6.61 Å². The number of rotatable bonds is 5. The Bertz CT molecular complexity index is 964. The molecule has 0 amide bonds. The molecule has 0 aliphatic heterocycles. The van der Waals surface area contributed by atoms with Gasteiger partial charge in [0.25, 0.3) is 0 Å². The third-order valence-corrected chi connectivity index (χ3v) is 5.05. The Labute approximate surface area is 173 Å². The molecule has 1 aliphatic carbocycles. The molecular formula is C21H23N3O6. The molecule has 1 heterocycles. The Hall–Kier alpha value is -3.55. The molecule has 30 heavy (non-hydrogen) atoms. The third kappa shape index (κ3) is 4.37. The zero-order valence-corrected chi connectivity index (χ0v) is 16.8. The number of aliphatic carboxylic acids is 2. The molecule has 158 valence electrons. The number of ether oxygens (including phenoxy) is 1. The Morgan fingerprint density at radius 1 is 1.20 bits per heavy atom. The third-order valence-electron chi connectivity index (χ3n) is 5.05. The highest BCUT2D eigenvalue weighted by atomic mass is 16.5. The largest absolute Gasteiger partial charge is 0.479 e. The number of carboxylic acid groups (broad SMARTS) is 2. The lowest BCUT2D eigenvalue weighted by molar-refractivity contribution is -0.179. The van der Waals surface area contributed by atoms with Crippen molar-refractivity contribution in [2.24, 2.45) is 11.8 Å². The predicted octanol–water partition coefficient (Wildman–Crippen LogP) is 2.17. The Balaban J connectivity index is 0.000000244. The molecule has 9 heteroatoms. The van der Waals surface area contributed by atoms with Gasteiger partial charge in [-0.3, -0.25) is 0 Å². The molecule has 3 atom stereocenters. The van der Waals surface area contributed by atoms with Crippen LogP contribution in [0, 0.1) is 11.8 Å². The number of nitrogens with zero attached hydrogens (tertiary/aromatic N) is 3. The zero-order chi connectivity index (χ0) is 22.3. The maximum Gasteiger partial charge on any atom is 0.337 e. The van der Waals surface area contributed by atoms with Gasteiger partial charge < -0.3 is 14.9 Å². The molecule has 3 unspecified atom stereocenters.